The van der Waals surface area contributed by atoms with Gasteiger partial charge in [-0.25, -0.2) is 0 Å². The van der Waals surface area contributed by atoms with Crippen molar-refractivity contribution in [3.05, 3.63) is 40.0 Å². The first-order valence-corrected chi connectivity index (χ1v) is 8.39. The fourth-order valence-corrected chi connectivity index (χ4v) is 3.18. The fourth-order valence-electron chi connectivity index (χ4n) is 2.51. The van der Waals surface area contributed by atoms with Crippen molar-refractivity contribution in [1.82, 2.24) is 13.6 Å². The third kappa shape index (κ3) is 3.46. The van der Waals surface area contributed by atoms with Crippen LogP contribution in [0.3, 0.4) is 0 Å². The van der Waals surface area contributed by atoms with Gasteiger partial charge in [0, 0.05) is 12.1 Å². The number of likely N-dealkylation sites (tertiary alicyclic amines) is 1. The van der Waals surface area contributed by atoms with E-state index in [9.17, 15) is 9.59 Å². The minimum Gasteiger partial charge on any atom is -0.327 e. The molecule has 9 heteroatoms. The highest BCUT2D eigenvalue weighted by Gasteiger charge is 2.34. The molecule has 3 rings (SSSR count). The van der Waals surface area contributed by atoms with Gasteiger partial charge in [0.2, 0.25) is 5.91 Å². The molecule has 1 aliphatic heterocycles. The van der Waals surface area contributed by atoms with Crippen molar-refractivity contribution in [2.75, 3.05) is 11.9 Å². The van der Waals surface area contributed by atoms with Crippen molar-refractivity contribution in [1.29, 1.82) is 0 Å². The zero-order valence-corrected chi connectivity index (χ0v) is 14.2. The summed E-state index contributed by atoms with van der Waals surface area (Å²) >= 11 is 12.8. The molecular formula is C14H12Cl2N4O2S. The van der Waals surface area contributed by atoms with Crippen LogP contribution in [0.15, 0.2) is 24.4 Å². The molecule has 0 aliphatic carbocycles. The van der Waals surface area contributed by atoms with Gasteiger partial charge in [0.1, 0.15) is 6.04 Å². The summed E-state index contributed by atoms with van der Waals surface area (Å²) in [5.41, 5.74) is 0.412. The Balaban J connectivity index is 1.76. The molecule has 1 N–H and O–H groups in total. The van der Waals surface area contributed by atoms with Gasteiger partial charge < -0.3 is 10.2 Å². The Morgan fingerprint density at radius 1 is 1.30 bits per heavy atom. The van der Waals surface area contributed by atoms with Gasteiger partial charge in [0.05, 0.1) is 28.0 Å². The van der Waals surface area contributed by atoms with E-state index in [4.69, 9.17) is 23.2 Å². The second kappa shape index (κ2) is 6.82. The smallest absolute Gasteiger partial charge is 0.254 e. The summed E-state index contributed by atoms with van der Waals surface area (Å²) in [6.45, 7) is 0.520. The molecule has 0 radical (unpaired) electrons. The summed E-state index contributed by atoms with van der Waals surface area (Å²) in [6, 6.07) is 4.17. The second-order valence-electron chi connectivity index (χ2n) is 5.07. The van der Waals surface area contributed by atoms with Gasteiger partial charge >= 0.3 is 0 Å². The summed E-state index contributed by atoms with van der Waals surface area (Å²) in [5, 5.41) is 3.37. The Morgan fingerprint density at radius 2 is 2.13 bits per heavy atom. The fraction of sp³-hybridized carbons (Fsp3) is 0.286. The number of carbonyl (C=O) groups is 2. The quantitative estimate of drug-likeness (QED) is 0.900. The van der Waals surface area contributed by atoms with Crippen LogP contribution in [0.1, 0.15) is 23.2 Å². The van der Waals surface area contributed by atoms with Crippen molar-refractivity contribution in [3.63, 3.8) is 0 Å². The Hall–Kier alpha value is -1.70. The summed E-state index contributed by atoms with van der Waals surface area (Å²) in [7, 11) is 0. The predicted octanol–water partition coefficient (Wildman–Crippen LogP) is 3.09. The third-order valence-corrected chi connectivity index (χ3v) is 4.81. The number of nitrogens with one attached hydrogen (secondary N) is 1. The van der Waals surface area contributed by atoms with Crippen LogP contribution >= 0.6 is 34.9 Å². The van der Waals surface area contributed by atoms with Gasteiger partial charge in [-0.05, 0) is 31.0 Å². The molecule has 2 aromatic rings. The normalized spacial score (nSPS) is 17.3. The van der Waals surface area contributed by atoms with E-state index in [0.29, 0.717) is 34.4 Å². The van der Waals surface area contributed by atoms with Crippen LogP contribution in [0.2, 0.25) is 10.0 Å². The molecule has 0 spiro atoms. The number of rotatable bonds is 3. The van der Waals surface area contributed by atoms with Gasteiger partial charge in [0.25, 0.3) is 5.91 Å². The van der Waals surface area contributed by atoms with Crippen LogP contribution in [0.4, 0.5) is 5.82 Å². The molecule has 1 aromatic carbocycles. The third-order valence-electron chi connectivity index (χ3n) is 3.60. The van der Waals surface area contributed by atoms with Crippen LogP contribution in [0.5, 0.6) is 0 Å². The molecule has 1 saturated heterocycles. The van der Waals surface area contributed by atoms with Gasteiger partial charge in [-0.2, -0.15) is 8.75 Å². The zero-order chi connectivity index (χ0) is 16.4. The standard InChI is InChI=1S/C14H12Cl2N4O2S/c15-9-4-3-8(6-10(9)16)14(22)20-5-1-2-11(20)13(21)18-12-7-17-23-19-12/h3-4,6-7,11H,1-2,5H2,(H,18,19,21)/t11-/m1/s1. The van der Waals surface area contributed by atoms with E-state index >= 15 is 0 Å². The number of amides is 2. The second-order valence-corrected chi connectivity index (χ2v) is 6.44. The van der Waals surface area contributed by atoms with Crippen molar-refractivity contribution in [2.24, 2.45) is 0 Å². The molecule has 1 atom stereocenters. The Kier molecular flexibility index (Phi) is 4.79. The molecule has 6 nitrogen and oxygen atoms in total. The SMILES string of the molecule is O=C(Nc1cnsn1)[C@H]1CCCN1C(=O)c1ccc(Cl)c(Cl)c1. The first kappa shape index (κ1) is 16.2. The Morgan fingerprint density at radius 3 is 2.83 bits per heavy atom. The number of hydrogen-bond acceptors (Lipinski definition) is 5. The number of benzene rings is 1. The van der Waals surface area contributed by atoms with Crippen molar-refractivity contribution in [2.45, 2.75) is 18.9 Å². The van der Waals surface area contributed by atoms with Crippen molar-refractivity contribution in [3.8, 4) is 0 Å². The average molecular weight is 371 g/mol. The van der Waals surface area contributed by atoms with Crippen LogP contribution in [-0.2, 0) is 4.79 Å². The summed E-state index contributed by atoms with van der Waals surface area (Å²) in [6.07, 6.45) is 2.85. The number of anilines is 1. The van der Waals surface area contributed by atoms with Crippen LogP contribution in [0.25, 0.3) is 0 Å². The van der Waals surface area contributed by atoms with E-state index in [1.54, 1.807) is 17.0 Å². The lowest BCUT2D eigenvalue weighted by Gasteiger charge is -2.23. The number of nitrogens with zero attached hydrogens (tertiary/aromatic N) is 3. The zero-order valence-electron chi connectivity index (χ0n) is 11.8. The van der Waals surface area contributed by atoms with Crippen LogP contribution in [-0.4, -0.2) is 38.0 Å². The molecule has 1 fully saturated rings. The highest BCUT2D eigenvalue weighted by atomic mass is 35.5. The molecule has 0 saturated carbocycles. The molecular weight excluding hydrogens is 359 g/mol. The lowest BCUT2D eigenvalue weighted by Crippen LogP contribution is -2.43. The highest BCUT2D eigenvalue weighted by Crippen LogP contribution is 2.26. The number of hydrogen-bond donors (Lipinski definition) is 1. The summed E-state index contributed by atoms with van der Waals surface area (Å²) in [4.78, 5) is 26.6. The first-order valence-electron chi connectivity index (χ1n) is 6.90. The van der Waals surface area contributed by atoms with Gasteiger partial charge in [0.15, 0.2) is 5.82 Å². The maximum Gasteiger partial charge on any atom is 0.254 e. The Bertz CT molecular complexity index is 738. The molecule has 120 valence electrons. The largest absolute Gasteiger partial charge is 0.327 e. The molecule has 2 heterocycles. The number of halogens is 2. The summed E-state index contributed by atoms with van der Waals surface area (Å²) < 4.78 is 7.77. The van der Waals surface area contributed by atoms with Crippen molar-refractivity contribution >= 4 is 52.6 Å². The molecule has 23 heavy (non-hydrogen) atoms. The molecule has 1 aromatic heterocycles. The maximum absolute atomic E-state index is 12.6. The highest BCUT2D eigenvalue weighted by molar-refractivity contribution is 6.99. The number of carbonyl (C=O) groups excluding carboxylic acids is 2. The minimum atomic E-state index is -0.529. The van der Waals surface area contributed by atoms with Crippen molar-refractivity contribution < 1.29 is 9.59 Å². The topological polar surface area (TPSA) is 75.2 Å². The average Bonchev–Trinajstić information content (AvgIpc) is 3.20. The van der Waals surface area contributed by atoms with E-state index in [0.717, 1.165) is 18.1 Å². The van der Waals surface area contributed by atoms with E-state index in [-0.39, 0.29) is 11.8 Å². The monoisotopic (exact) mass is 370 g/mol. The maximum atomic E-state index is 12.6. The lowest BCUT2D eigenvalue weighted by atomic mass is 10.1. The molecule has 0 bridgehead atoms. The van der Waals surface area contributed by atoms with Crippen LogP contribution < -0.4 is 5.32 Å². The van der Waals surface area contributed by atoms with Gasteiger partial charge in [-0.15, -0.1) is 0 Å². The van der Waals surface area contributed by atoms with E-state index in [1.807, 2.05) is 0 Å². The molecule has 0 unspecified atom stereocenters. The minimum absolute atomic E-state index is 0.238. The van der Waals surface area contributed by atoms with Gasteiger partial charge in [-0.1, -0.05) is 23.2 Å². The van der Waals surface area contributed by atoms with E-state index < -0.39 is 6.04 Å². The first-order chi connectivity index (χ1) is 11.1. The molecule has 2 amide bonds. The lowest BCUT2D eigenvalue weighted by molar-refractivity contribution is -0.119. The number of aromatic nitrogens is 2. The van der Waals surface area contributed by atoms with Crippen LogP contribution in [0, 0.1) is 0 Å². The Labute approximate surface area is 146 Å². The predicted molar refractivity (Wildman–Crippen MR) is 89.1 cm³/mol. The van der Waals surface area contributed by atoms with E-state index in [2.05, 4.69) is 14.1 Å². The van der Waals surface area contributed by atoms with E-state index in [1.165, 1.54) is 12.3 Å². The molecule has 1 aliphatic rings. The summed E-state index contributed by atoms with van der Waals surface area (Å²) in [5.74, 6) is -0.102. The van der Waals surface area contributed by atoms with Gasteiger partial charge in [-0.3, -0.25) is 9.59 Å².